The molecular weight excluding hydrogens is 282 g/mol. The van der Waals surface area contributed by atoms with E-state index in [0.29, 0.717) is 0 Å². The highest BCUT2D eigenvalue weighted by atomic mass is 79.9. The third-order valence-electron chi connectivity index (χ3n) is 2.71. The predicted molar refractivity (Wildman–Crippen MR) is 74.3 cm³/mol. The Balaban J connectivity index is 2.64. The number of halogens is 1. The molecule has 0 saturated heterocycles. The van der Waals surface area contributed by atoms with Gasteiger partial charge in [-0.3, -0.25) is 0 Å². The van der Waals surface area contributed by atoms with Crippen molar-refractivity contribution in [2.75, 3.05) is 19.0 Å². The highest BCUT2D eigenvalue weighted by molar-refractivity contribution is 9.10. The van der Waals surface area contributed by atoms with Gasteiger partial charge in [0.25, 0.3) is 0 Å². The average molecular weight is 302 g/mol. The van der Waals surface area contributed by atoms with Gasteiger partial charge in [-0.25, -0.2) is 0 Å². The van der Waals surface area contributed by atoms with Gasteiger partial charge in [-0.2, -0.15) is 0 Å². The SMILES string of the molecule is COC(C)(C)CC(CO)Nc1cccc(Br)c1. The van der Waals surface area contributed by atoms with Crippen molar-refractivity contribution in [3.05, 3.63) is 28.7 Å². The summed E-state index contributed by atoms with van der Waals surface area (Å²) in [6.07, 6.45) is 0.743. The zero-order chi connectivity index (χ0) is 12.9. The van der Waals surface area contributed by atoms with Crippen LogP contribution in [0.25, 0.3) is 0 Å². The molecule has 2 N–H and O–H groups in total. The summed E-state index contributed by atoms with van der Waals surface area (Å²) in [4.78, 5) is 0. The lowest BCUT2D eigenvalue weighted by Crippen LogP contribution is -2.35. The van der Waals surface area contributed by atoms with Crippen LogP contribution in [0.3, 0.4) is 0 Å². The summed E-state index contributed by atoms with van der Waals surface area (Å²) in [5.74, 6) is 0. The highest BCUT2D eigenvalue weighted by Gasteiger charge is 2.22. The maximum absolute atomic E-state index is 9.39. The molecule has 4 heteroatoms. The smallest absolute Gasteiger partial charge is 0.0643 e. The zero-order valence-electron chi connectivity index (χ0n) is 10.5. The van der Waals surface area contributed by atoms with Crippen molar-refractivity contribution in [1.29, 1.82) is 0 Å². The number of anilines is 1. The molecule has 0 fully saturated rings. The molecule has 1 atom stereocenters. The summed E-state index contributed by atoms with van der Waals surface area (Å²) in [6.45, 7) is 4.11. The van der Waals surface area contributed by atoms with E-state index in [0.717, 1.165) is 16.6 Å². The van der Waals surface area contributed by atoms with Crippen LogP contribution >= 0.6 is 15.9 Å². The Morgan fingerprint density at radius 3 is 2.71 bits per heavy atom. The van der Waals surface area contributed by atoms with Crippen molar-refractivity contribution in [1.82, 2.24) is 0 Å². The van der Waals surface area contributed by atoms with Crippen LogP contribution in [0.5, 0.6) is 0 Å². The van der Waals surface area contributed by atoms with Crippen molar-refractivity contribution >= 4 is 21.6 Å². The quantitative estimate of drug-likeness (QED) is 0.848. The van der Waals surface area contributed by atoms with E-state index in [2.05, 4.69) is 21.2 Å². The monoisotopic (exact) mass is 301 g/mol. The fraction of sp³-hybridized carbons (Fsp3) is 0.538. The average Bonchev–Trinajstić information content (AvgIpc) is 2.28. The second-order valence-electron chi connectivity index (χ2n) is 4.70. The molecule has 0 aliphatic heterocycles. The molecular formula is C13H20BrNO2. The second kappa shape index (κ2) is 6.38. The van der Waals surface area contributed by atoms with E-state index in [1.165, 1.54) is 0 Å². The van der Waals surface area contributed by atoms with E-state index in [4.69, 9.17) is 4.74 Å². The fourth-order valence-corrected chi connectivity index (χ4v) is 2.05. The van der Waals surface area contributed by atoms with Crippen molar-refractivity contribution in [2.45, 2.75) is 31.9 Å². The van der Waals surface area contributed by atoms with Gasteiger partial charge in [0.15, 0.2) is 0 Å². The Labute approximate surface area is 111 Å². The van der Waals surface area contributed by atoms with Crippen molar-refractivity contribution in [3.8, 4) is 0 Å². The van der Waals surface area contributed by atoms with Gasteiger partial charge in [0.05, 0.1) is 18.2 Å². The van der Waals surface area contributed by atoms with Crippen molar-refractivity contribution in [3.63, 3.8) is 0 Å². The van der Waals surface area contributed by atoms with Gasteiger partial charge < -0.3 is 15.2 Å². The van der Waals surface area contributed by atoms with E-state index in [9.17, 15) is 5.11 Å². The highest BCUT2D eigenvalue weighted by Crippen LogP contribution is 2.20. The lowest BCUT2D eigenvalue weighted by molar-refractivity contribution is 0.00748. The minimum Gasteiger partial charge on any atom is -0.394 e. The summed E-state index contributed by atoms with van der Waals surface area (Å²) < 4.78 is 6.39. The summed E-state index contributed by atoms with van der Waals surface area (Å²) >= 11 is 3.42. The number of nitrogens with one attached hydrogen (secondary N) is 1. The predicted octanol–water partition coefficient (Wildman–Crippen LogP) is 3.04. The molecule has 17 heavy (non-hydrogen) atoms. The van der Waals surface area contributed by atoms with E-state index < -0.39 is 0 Å². The number of hydrogen-bond acceptors (Lipinski definition) is 3. The van der Waals surface area contributed by atoms with Gasteiger partial charge in [-0.15, -0.1) is 0 Å². The molecule has 1 aromatic rings. The maximum Gasteiger partial charge on any atom is 0.0643 e. The van der Waals surface area contributed by atoms with Crippen LogP contribution < -0.4 is 5.32 Å². The van der Waals surface area contributed by atoms with Gasteiger partial charge >= 0.3 is 0 Å². The third kappa shape index (κ3) is 5.06. The standard InChI is InChI=1S/C13H20BrNO2/c1-13(2,17-3)8-12(9-16)15-11-6-4-5-10(14)7-11/h4-7,12,15-16H,8-9H2,1-3H3. The molecule has 0 aliphatic rings. The summed E-state index contributed by atoms with van der Waals surface area (Å²) in [7, 11) is 1.69. The normalized spacial score (nSPS) is 13.5. The Morgan fingerprint density at radius 1 is 1.47 bits per heavy atom. The molecule has 0 radical (unpaired) electrons. The summed E-state index contributed by atoms with van der Waals surface area (Å²) in [5, 5.41) is 12.7. The molecule has 0 aromatic heterocycles. The molecule has 96 valence electrons. The molecule has 0 bridgehead atoms. The molecule has 0 saturated carbocycles. The molecule has 0 spiro atoms. The second-order valence-corrected chi connectivity index (χ2v) is 5.62. The van der Waals surface area contributed by atoms with Gasteiger partial charge in [0.2, 0.25) is 0 Å². The first-order valence-electron chi connectivity index (χ1n) is 5.65. The van der Waals surface area contributed by atoms with Crippen molar-refractivity contribution < 1.29 is 9.84 Å². The van der Waals surface area contributed by atoms with Gasteiger partial charge in [0.1, 0.15) is 0 Å². The minimum absolute atomic E-state index is 0.0146. The molecule has 3 nitrogen and oxygen atoms in total. The first kappa shape index (κ1) is 14.5. The first-order valence-corrected chi connectivity index (χ1v) is 6.44. The number of aliphatic hydroxyl groups excluding tert-OH is 1. The Hall–Kier alpha value is -0.580. The number of benzene rings is 1. The fourth-order valence-electron chi connectivity index (χ4n) is 1.65. The largest absolute Gasteiger partial charge is 0.394 e. The number of methoxy groups -OCH3 is 1. The lowest BCUT2D eigenvalue weighted by Gasteiger charge is -2.28. The van der Waals surface area contributed by atoms with Gasteiger partial charge in [-0.05, 0) is 38.5 Å². The topological polar surface area (TPSA) is 41.5 Å². The zero-order valence-corrected chi connectivity index (χ0v) is 12.1. The summed E-state index contributed by atoms with van der Waals surface area (Å²) in [5.41, 5.74) is 0.747. The van der Waals surface area contributed by atoms with Crippen molar-refractivity contribution in [2.24, 2.45) is 0 Å². The van der Waals surface area contributed by atoms with E-state index in [-0.39, 0.29) is 18.2 Å². The van der Waals surface area contributed by atoms with E-state index >= 15 is 0 Å². The first-order chi connectivity index (χ1) is 7.96. The number of rotatable bonds is 6. The Morgan fingerprint density at radius 2 is 2.18 bits per heavy atom. The molecule has 0 heterocycles. The van der Waals surface area contributed by atoms with Crippen LogP contribution in [0.1, 0.15) is 20.3 Å². The van der Waals surface area contributed by atoms with Crippen LogP contribution in [0, 0.1) is 0 Å². The van der Waals surface area contributed by atoms with E-state index in [1.807, 2.05) is 38.1 Å². The van der Waals surface area contributed by atoms with Crippen LogP contribution in [-0.2, 0) is 4.74 Å². The summed E-state index contributed by atoms with van der Waals surface area (Å²) in [6, 6.07) is 7.88. The third-order valence-corrected chi connectivity index (χ3v) is 3.20. The van der Waals surface area contributed by atoms with Crippen LogP contribution in [0.2, 0.25) is 0 Å². The van der Waals surface area contributed by atoms with Gasteiger partial charge in [0, 0.05) is 17.3 Å². The van der Waals surface area contributed by atoms with Gasteiger partial charge in [-0.1, -0.05) is 22.0 Å². The maximum atomic E-state index is 9.39. The molecule has 0 aliphatic carbocycles. The van der Waals surface area contributed by atoms with Crippen LogP contribution in [0.15, 0.2) is 28.7 Å². The molecule has 1 unspecified atom stereocenters. The lowest BCUT2D eigenvalue weighted by atomic mass is 9.99. The van der Waals surface area contributed by atoms with Crippen LogP contribution in [0.4, 0.5) is 5.69 Å². The molecule has 1 aromatic carbocycles. The Kier molecular flexibility index (Phi) is 5.43. The number of ether oxygens (including phenoxy) is 1. The Bertz CT molecular complexity index is 355. The van der Waals surface area contributed by atoms with E-state index in [1.54, 1.807) is 7.11 Å². The molecule has 1 rings (SSSR count). The molecule has 0 amide bonds. The number of hydrogen-bond donors (Lipinski definition) is 2. The number of aliphatic hydroxyl groups is 1. The minimum atomic E-state index is -0.244. The van der Waals surface area contributed by atoms with Crippen LogP contribution in [-0.4, -0.2) is 30.5 Å².